The van der Waals surface area contributed by atoms with Crippen LogP contribution in [0.15, 0.2) is 99.6 Å². The van der Waals surface area contributed by atoms with E-state index in [0.29, 0.717) is 28.6 Å². The second-order valence-electron chi connectivity index (χ2n) is 8.35. The summed E-state index contributed by atoms with van der Waals surface area (Å²) in [6.45, 7) is 6.17. The lowest BCUT2D eigenvalue weighted by Gasteiger charge is -2.12. The molecule has 1 saturated heterocycles. The van der Waals surface area contributed by atoms with Crippen LogP contribution in [0.1, 0.15) is 23.6 Å². The molecule has 38 heavy (non-hydrogen) atoms. The highest BCUT2D eigenvalue weighted by Crippen LogP contribution is 2.36. The van der Waals surface area contributed by atoms with Crippen LogP contribution >= 0.6 is 11.8 Å². The standard InChI is InChI=1S/C29H28N2O5S2/c1-4-17-31-28(32)27(37-29(31)30-38(33,34)24-14-11-21(5-2)12-15-24)19-23-13-16-25(35-3)26(18-23)36-20-22-9-7-6-8-10-22/h4,6-16,18-19H,1,5,17,20H2,2-3H3. The second-order valence-corrected chi connectivity index (χ2v) is 11.0. The van der Waals surface area contributed by atoms with E-state index in [4.69, 9.17) is 9.47 Å². The molecule has 0 radical (unpaired) electrons. The molecule has 0 atom stereocenters. The van der Waals surface area contributed by atoms with Crippen LogP contribution in [0.5, 0.6) is 11.5 Å². The van der Waals surface area contributed by atoms with Gasteiger partial charge in [0.1, 0.15) is 6.61 Å². The number of nitrogens with zero attached hydrogens (tertiary/aromatic N) is 2. The number of carbonyl (C=O) groups excluding carboxylic acids is 1. The summed E-state index contributed by atoms with van der Waals surface area (Å²) in [6.07, 6.45) is 4.01. The second kappa shape index (κ2) is 12.1. The van der Waals surface area contributed by atoms with Crippen LogP contribution in [0.2, 0.25) is 0 Å². The molecule has 4 rings (SSSR count). The molecule has 0 spiro atoms. The Morgan fingerprint density at radius 2 is 1.74 bits per heavy atom. The van der Waals surface area contributed by atoms with Crippen LogP contribution < -0.4 is 9.47 Å². The molecule has 1 aliphatic rings. The number of methoxy groups -OCH3 is 1. The van der Waals surface area contributed by atoms with Crippen molar-refractivity contribution in [2.75, 3.05) is 13.7 Å². The zero-order valence-electron chi connectivity index (χ0n) is 21.2. The Balaban J connectivity index is 1.62. The smallest absolute Gasteiger partial charge is 0.284 e. The number of amidine groups is 1. The average molecular weight is 549 g/mol. The number of amides is 1. The Bertz CT molecular complexity index is 1480. The minimum atomic E-state index is -4.01. The van der Waals surface area contributed by atoms with Gasteiger partial charge in [-0.05, 0) is 65.2 Å². The van der Waals surface area contributed by atoms with Crippen molar-refractivity contribution in [1.29, 1.82) is 0 Å². The summed E-state index contributed by atoms with van der Waals surface area (Å²) in [6, 6.07) is 21.7. The van der Waals surface area contributed by atoms with Gasteiger partial charge >= 0.3 is 0 Å². The van der Waals surface area contributed by atoms with Crippen LogP contribution in [-0.4, -0.2) is 38.0 Å². The molecule has 0 bridgehead atoms. The zero-order chi connectivity index (χ0) is 27.1. The minimum Gasteiger partial charge on any atom is -0.493 e. The normalized spacial score (nSPS) is 15.7. The Hall–Kier alpha value is -3.82. The third-order valence-electron chi connectivity index (χ3n) is 5.75. The van der Waals surface area contributed by atoms with Gasteiger partial charge in [0.15, 0.2) is 16.7 Å². The number of hydrogen-bond acceptors (Lipinski definition) is 6. The first-order valence-electron chi connectivity index (χ1n) is 12.0. The first-order valence-corrected chi connectivity index (χ1v) is 14.2. The van der Waals surface area contributed by atoms with E-state index in [0.717, 1.165) is 29.3 Å². The largest absolute Gasteiger partial charge is 0.493 e. The summed E-state index contributed by atoms with van der Waals surface area (Å²) < 4.78 is 41.4. The lowest BCUT2D eigenvalue weighted by atomic mass is 10.1. The fraction of sp³-hybridized carbons (Fsp3) is 0.172. The van der Waals surface area contributed by atoms with Crippen molar-refractivity contribution >= 4 is 38.9 Å². The van der Waals surface area contributed by atoms with Crippen molar-refractivity contribution in [1.82, 2.24) is 4.90 Å². The van der Waals surface area contributed by atoms with Crippen molar-refractivity contribution in [3.63, 3.8) is 0 Å². The van der Waals surface area contributed by atoms with Crippen LogP contribution in [0.3, 0.4) is 0 Å². The van der Waals surface area contributed by atoms with Gasteiger partial charge in [0, 0.05) is 6.54 Å². The molecule has 1 heterocycles. The maximum absolute atomic E-state index is 13.2. The van der Waals surface area contributed by atoms with Crippen LogP contribution in [0, 0.1) is 0 Å². The summed E-state index contributed by atoms with van der Waals surface area (Å²) in [5.74, 6) is 0.730. The Kier molecular flexibility index (Phi) is 8.70. The Morgan fingerprint density at radius 1 is 1.00 bits per heavy atom. The van der Waals surface area contributed by atoms with Gasteiger partial charge in [-0.3, -0.25) is 9.69 Å². The summed E-state index contributed by atoms with van der Waals surface area (Å²) in [7, 11) is -2.45. The van der Waals surface area contributed by atoms with E-state index >= 15 is 0 Å². The number of carbonyl (C=O) groups is 1. The van der Waals surface area contributed by atoms with Crippen LogP contribution in [0.4, 0.5) is 0 Å². The topological polar surface area (TPSA) is 85.3 Å². The summed E-state index contributed by atoms with van der Waals surface area (Å²) in [5.41, 5.74) is 2.72. The molecule has 3 aromatic rings. The molecular weight excluding hydrogens is 520 g/mol. The first kappa shape index (κ1) is 27.2. The molecule has 0 saturated carbocycles. The van der Waals surface area contributed by atoms with Gasteiger partial charge in [-0.25, -0.2) is 0 Å². The summed E-state index contributed by atoms with van der Waals surface area (Å²) >= 11 is 1.01. The Labute approximate surface area is 227 Å². The first-order chi connectivity index (χ1) is 18.3. The molecule has 0 aromatic heterocycles. The van der Waals surface area contributed by atoms with Crippen LogP contribution in [0.25, 0.3) is 6.08 Å². The van der Waals surface area contributed by atoms with Crippen molar-refractivity contribution < 1.29 is 22.7 Å². The van der Waals surface area contributed by atoms with Gasteiger partial charge in [-0.15, -0.1) is 11.0 Å². The quantitative estimate of drug-likeness (QED) is 0.239. The van der Waals surface area contributed by atoms with E-state index in [2.05, 4.69) is 11.0 Å². The van der Waals surface area contributed by atoms with E-state index in [9.17, 15) is 13.2 Å². The number of rotatable bonds is 10. The van der Waals surface area contributed by atoms with E-state index in [1.807, 2.05) is 37.3 Å². The summed E-state index contributed by atoms with van der Waals surface area (Å²) in [4.78, 5) is 14.9. The highest BCUT2D eigenvalue weighted by atomic mass is 32.2. The van der Waals surface area contributed by atoms with Gasteiger partial charge in [0.25, 0.3) is 15.9 Å². The van der Waals surface area contributed by atoms with Gasteiger partial charge in [-0.1, -0.05) is 61.5 Å². The minimum absolute atomic E-state index is 0.0709. The molecule has 0 aliphatic carbocycles. The van der Waals surface area contributed by atoms with E-state index in [1.54, 1.807) is 43.5 Å². The molecule has 0 unspecified atom stereocenters. The average Bonchev–Trinajstić information content (AvgIpc) is 3.21. The predicted molar refractivity (Wildman–Crippen MR) is 152 cm³/mol. The maximum Gasteiger partial charge on any atom is 0.284 e. The van der Waals surface area contributed by atoms with Crippen molar-refractivity contribution in [3.05, 3.63) is 107 Å². The molecular formula is C29H28N2O5S2. The molecule has 196 valence electrons. The molecule has 1 amide bonds. The van der Waals surface area contributed by atoms with Gasteiger partial charge in [0.2, 0.25) is 0 Å². The number of ether oxygens (including phenoxy) is 2. The summed E-state index contributed by atoms with van der Waals surface area (Å²) in [5, 5.41) is 0.0785. The molecule has 1 aliphatic heterocycles. The van der Waals surface area contributed by atoms with Gasteiger partial charge in [0.05, 0.1) is 16.9 Å². The van der Waals surface area contributed by atoms with Gasteiger partial charge < -0.3 is 9.47 Å². The number of thioether (sulfide) groups is 1. The molecule has 3 aromatic carbocycles. The highest BCUT2D eigenvalue weighted by molar-refractivity contribution is 8.19. The molecule has 0 N–H and O–H groups in total. The highest BCUT2D eigenvalue weighted by Gasteiger charge is 2.34. The third-order valence-corrected chi connectivity index (χ3v) is 8.15. The van der Waals surface area contributed by atoms with Gasteiger partial charge in [-0.2, -0.15) is 8.42 Å². The molecule has 1 fully saturated rings. The third kappa shape index (κ3) is 6.35. The monoisotopic (exact) mass is 548 g/mol. The molecule has 7 nitrogen and oxygen atoms in total. The maximum atomic E-state index is 13.2. The van der Waals surface area contributed by atoms with Crippen molar-refractivity contribution in [2.45, 2.75) is 24.8 Å². The van der Waals surface area contributed by atoms with Crippen molar-refractivity contribution in [3.8, 4) is 11.5 Å². The SMILES string of the molecule is C=CCN1C(=O)C(=Cc2ccc(OC)c(OCc3ccccc3)c2)SC1=NS(=O)(=O)c1ccc(CC)cc1. The Morgan fingerprint density at radius 3 is 2.39 bits per heavy atom. The van der Waals surface area contributed by atoms with Crippen LogP contribution in [-0.2, 0) is 27.8 Å². The number of benzene rings is 3. The lowest BCUT2D eigenvalue weighted by Crippen LogP contribution is -2.29. The number of hydrogen-bond donors (Lipinski definition) is 0. The number of aryl methyl sites for hydroxylation is 1. The van der Waals surface area contributed by atoms with E-state index in [-0.39, 0.29) is 22.5 Å². The van der Waals surface area contributed by atoms with E-state index < -0.39 is 10.0 Å². The van der Waals surface area contributed by atoms with Crippen molar-refractivity contribution in [2.24, 2.45) is 4.40 Å². The number of sulfonamides is 1. The zero-order valence-corrected chi connectivity index (χ0v) is 22.8. The predicted octanol–water partition coefficient (Wildman–Crippen LogP) is 5.68. The lowest BCUT2D eigenvalue weighted by molar-refractivity contribution is -0.121. The fourth-order valence-electron chi connectivity index (χ4n) is 3.70. The molecule has 9 heteroatoms. The fourth-order valence-corrected chi connectivity index (χ4v) is 5.89. The van der Waals surface area contributed by atoms with E-state index in [1.165, 1.54) is 23.1 Å².